The van der Waals surface area contributed by atoms with Crippen molar-refractivity contribution in [3.63, 3.8) is 0 Å². The van der Waals surface area contributed by atoms with Crippen LogP contribution in [-0.4, -0.2) is 18.5 Å². The van der Waals surface area contributed by atoms with Crippen LogP contribution in [0.2, 0.25) is 0 Å². The van der Waals surface area contributed by atoms with Gasteiger partial charge in [0, 0.05) is 30.0 Å². The Balaban J connectivity index is 1.51. The molecule has 1 amide bonds. The lowest BCUT2D eigenvalue weighted by atomic mass is 9.73. The minimum atomic E-state index is -0.306. The first-order valence-electron chi connectivity index (χ1n) is 9.29. The van der Waals surface area contributed by atoms with Crippen molar-refractivity contribution in [3.8, 4) is 11.5 Å². The average molecular weight is 379 g/mol. The standard InChI is InChI=1S/C22H18FNO4/c23-15-4-1-12(2-5-15)14-7-17-22(18(25)8-14)16(10-21(26)24-17)13-3-6-19-20(9-13)28-11-27-19/h1-6,9,14,16H,7-8,10-11H2,(H,24,26)/t14-,16-/m0/s1. The molecule has 0 unspecified atom stereocenters. The van der Waals surface area contributed by atoms with Gasteiger partial charge in [-0.3, -0.25) is 9.59 Å². The summed E-state index contributed by atoms with van der Waals surface area (Å²) in [5.41, 5.74) is 3.14. The summed E-state index contributed by atoms with van der Waals surface area (Å²) >= 11 is 0. The molecule has 5 nitrogen and oxygen atoms in total. The normalized spacial score (nSPS) is 23.5. The van der Waals surface area contributed by atoms with E-state index in [1.807, 2.05) is 18.2 Å². The quantitative estimate of drug-likeness (QED) is 0.867. The molecular weight excluding hydrogens is 361 g/mol. The van der Waals surface area contributed by atoms with Crippen LogP contribution in [0.1, 0.15) is 42.2 Å². The maximum atomic E-state index is 13.2. The Hall–Kier alpha value is -3.15. The van der Waals surface area contributed by atoms with E-state index in [1.165, 1.54) is 12.1 Å². The van der Waals surface area contributed by atoms with Crippen LogP contribution in [-0.2, 0) is 9.59 Å². The SMILES string of the molecule is O=C1C[C@@H](c2ccc3c(c2)OCO3)C2=C(C[C@H](c3ccc(F)cc3)CC2=O)N1. The number of ether oxygens (including phenoxy) is 2. The lowest BCUT2D eigenvalue weighted by Gasteiger charge is -2.34. The van der Waals surface area contributed by atoms with Crippen LogP contribution < -0.4 is 14.8 Å². The highest BCUT2D eigenvalue weighted by Crippen LogP contribution is 2.44. The van der Waals surface area contributed by atoms with Crippen molar-refractivity contribution in [3.05, 3.63) is 70.7 Å². The number of benzene rings is 2. The van der Waals surface area contributed by atoms with Gasteiger partial charge in [-0.15, -0.1) is 0 Å². The smallest absolute Gasteiger partial charge is 0.231 e. The van der Waals surface area contributed by atoms with Gasteiger partial charge in [-0.05, 0) is 47.7 Å². The molecule has 2 heterocycles. The first-order chi connectivity index (χ1) is 13.6. The van der Waals surface area contributed by atoms with E-state index in [0.29, 0.717) is 35.6 Å². The molecule has 0 saturated heterocycles. The van der Waals surface area contributed by atoms with Crippen LogP contribution in [0.25, 0.3) is 0 Å². The Bertz CT molecular complexity index is 1010. The van der Waals surface area contributed by atoms with Gasteiger partial charge < -0.3 is 14.8 Å². The summed E-state index contributed by atoms with van der Waals surface area (Å²) in [6, 6.07) is 11.8. The number of hydrogen-bond donors (Lipinski definition) is 1. The van der Waals surface area contributed by atoms with Gasteiger partial charge in [0.05, 0.1) is 0 Å². The fraction of sp³-hybridized carbons (Fsp3) is 0.273. The molecule has 0 aromatic heterocycles. The van der Waals surface area contributed by atoms with Crippen LogP contribution in [0.4, 0.5) is 4.39 Å². The molecule has 6 heteroatoms. The second-order valence-corrected chi connectivity index (χ2v) is 7.39. The number of rotatable bonds is 2. The van der Waals surface area contributed by atoms with E-state index in [-0.39, 0.29) is 42.6 Å². The van der Waals surface area contributed by atoms with Gasteiger partial charge >= 0.3 is 0 Å². The third kappa shape index (κ3) is 2.85. The summed E-state index contributed by atoms with van der Waals surface area (Å²) in [5.74, 6) is 0.567. The molecule has 0 saturated carbocycles. The fourth-order valence-corrected chi connectivity index (χ4v) is 4.35. The van der Waals surface area contributed by atoms with Crippen molar-refractivity contribution < 1.29 is 23.5 Å². The number of fused-ring (bicyclic) bond motifs is 1. The summed E-state index contributed by atoms with van der Waals surface area (Å²) in [4.78, 5) is 25.4. The van der Waals surface area contributed by atoms with Gasteiger partial charge in [-0.25, -0.2) is 4.39 Å². The summed E-state index contributed by atoms with van der Waals surface area (Å²) in [6.45, 7) is 0.177. The highest BCUT2D eigenvalue weighted by atomic mass is 19.1. The molecule has 3 aliphatic rings. The Labute approximate surface area is 161 Å². The maximum absolute atomic E-state index is 13.2. The Morgan fingerprint density at radius 3 is 2.46 bits per heavy atom. The van der Waals surface area contributed by atoms with Crippen molar-refractivity contribution >= 4 is 11.7 Å². The first kappa shape index (κ1) is 17.0. The molecule has 1 N–H and O–H groups in total. The van der Waals surface area contributed by atoms with Crippen molar-refractivity contribution in [1.29, 1.82) is 0 Å². The van der Waals surface area contributed by atoms with Crippen LogP contribution in [0.5, 0.6) is 11.5 Å². The zero-order valence-corrected chi connectivity index (χ0v) is 15.0. The summed E-state index contributed by atoms with van der Waals surface area (Å²) < 4.78 is 24.0. The lowest BCUT2D eigenvalue weighted by Crippen LogP contribution is -2.38. The highest BCUT2D eigenvalue weighted by molar-refractivity contribution is 6.02. The molecule has 0 spiro atoms. The van der Waals surface area contributed by atoms with Gasteiger partial charge in [-0.2, -0.15) is 0 Å². The first-order valence-corrected chi connectivity index (χ1v) is 9.29. The van der Waals surface area contributed by atoms with E-state index in [1.54, 1.807) is 12.1 Å². The van der Waals surface area contributed by atoms with E-state index in [0.717, 1.165) is 11.1 Å². The maximum Gasteiger partial charge on any atom is 0.231 e. The molecule has 2 aliphatic heterocycles. The molecular formula is C22H18FNO4. The summed E-state index contributed by atoms with van der Waals surface area (Å²) in [7, 11) is 0. The fourth-order valence-electron chi connectivity index (χ4n) is 4.35. The second kappa shape index (κ2) is 6.48. The van der Waals surface area contributed by atoms with Crippen LogP contribution in [0.3, 0.4) is 0 Å². The number of amides is 1. The van der Waals surface area contributed by atoms with Crippen molar-refractivity contribution in [1.82, 2.24) is 5.32 Å². The molecule has 2 aromatic carbocycles. The topological polar surface area (TPSA) is 64.6 Å². The minimum Gasteiger partial charge on any atom is -0.454 e. The van der Waals surface area contributed by atoms with Gasteiger partial charge in [-0.1, -0.05) is 18.2 Å². The van der Waals surface area contributed by atoms with Crippen LogP contribution >= 0.6 is 0 Å². The van der Waals surface area contributed by atoms with Gasteiger partial charge in [0.15, 0.2) is 17.3 Å². The molecule has 2 atom stereocenters. The molecule has 5 rings (SSSR count). The van der Waals surface area contributed by atoms with Crippen LogP contribution in [0, 0.1) is 5.82 Å². The number of carbonyl (C=O) groups excluding carboxylic acids is 2. The number of halogens is 1. The third-order valence-electron chi connectivity index (χ3n) is 5.68. The van der Waals surface area contributed by atoms with Gasteiger partial charge in [0.1, 0.15) is 5.82 Å². The minimum absolute atomic E-state index is 0.0261. The number of nitrogens with one attached hydrogen (secondary N) is 1. The Morgan fingerprint density at radius 2 is 1.64 bits per heavy atom. The van der Waals surface area contributed by atoms with E-state index in [4.69, 9.17) is 9.47 Å². The number of Topliss-reactive ketones (excluding diaryl/α,β-unsaturated/α-hetero) is 1. The lowest BCUT2D eigenvalue weighted by molar-refractivity contribution is -0.122. The van der Waals surface area contributed by atoms with E-state index in [9.17, 15) is 14.0 Å². The Kier molecular flexibility index (Phi) is 3.93. The zero-order chi connectivity index (χ0) is 19.3. The third-order valence-corrected chi connectivity index (χ3v) is 5.68. The molecule has 0 fully saturated rings. The number of hydrogen-bond acceptors (Lipinski definition) is 4. The van der Waals surface area contributed by atoms with Gasteiger partial charge in [0.25, 0.3) is 0 Å². The Morgan fingerprint density at radius 1 is 0.893 bits per heavy atom. The van der Waals surface area contributed by atoms with Gasteiger partial charge in [0.2, 0.25) is 12.7 Å². The molecule has 142 valence electrons. The molecule has 28 heavy (non-hydrogen) atoms. The summed E-state index contributed by atoms with van der Waals surface area (Å²) in [6.07, 6.45) is 1.13. The van der Waals surface area contributed by atoms with Crippen molar-refractivity contribution in [2.24, 2.45) is 0 Å². The summed E-state index contributed by atoms with van der Waals surface area (Å²) in [5, 5.41) is 2.90. The second-order valence-electron chi connectivity index (χ2n) is 7.39. The predicted molar refractivity (Wildman–Crippen MR) is 98.5 cm³/mol. The van der Waals surface area contributed by atoms with E-state index >= 15 is 0 Å². The zero-order valence-electron chi connectivity index (χ0n) is 15.0. The van der Waals surface area contributed by atoms with Crippen LogP contribution in [0.15, 0.2) is 53.7 Å². The average Bonchev–Trinajstić information content (AvgIpc) is 3.15. The number of carbonyl (C=O) groups is 2. The number of ketones is 1. The van der Waals surface area contributed by atoms with Crippen molar-refractivity contribution in [2.45, 2.75) is 31.1 Å². The van der Waals surface area contributed by atoms with E-state index < -0.39 is 0 Å². The monoisotopic (exact) mass is 379 g/mol. The van der Waals surface area contributed by atoms with E-state index in [2.05, 4.69) is 5.32 Å². The molecule has 2 aromatic rings. The molecule has 0 radical (unpaired) electrons. The highest BCUT2D eigenvalue weighted by Gasteiger charge is 2.38. The molecule has 1 aliphatic carbocycles. The predicted octanol–water partition coefficient (Wildman–Crippen LogP) is 3.56. The molecule has 0 bridgehead atoms. The largest absolute Gasteiger partial charge is 0.454 e. The number of allylic oxidation sites excluding steroid dienone is 2. The van der Waals surface area contributed by atoms with Crippen molar-refractivity contribution in [2.75, 3.05) is 6.79 Å².